The number of nitrogens with zero attached hydrogens (tertiary/aromatic N) is 3. The maximum absolute atomic E-state index is 14.7. The number of ketones is 1. The molecule has 1 fully saturated rings. The Morgan fingerprint density at radius 1 is 1.37 bits per heavy atom. The molecule has 0 bridgehead atoms. The number of nitrogens with one attached hydrogen (secondary N) is 1. The molecule has 0 amide bonds. The van der Waals surface area contributed by atoms with Crippen molar-refractivity contribution in [3.63, 3.8) is 0 Å². The van der Waals surface area contributed by atoms with Gasteiger partial charge in [0.2, 0.25) is 5.43 Å². The lowest BCUT2D eigenvalue weighted by molar-refractivity contribution is 0.1000. The van der Waals surface area contributed by atoms with Crippen molar-refractivity contribution in [2.24, 2.45) is 10.4 Å². The van der Waals surface area contributed by atoms with Crippen molar-refractivity contribution in [1.82, 2.24) is 4.57 Å². The monoisotopic (exact) mass is 376 g/mol. The molecule has 27 heavy (non-hydrogen) atoms. The maximum Gasteiger partial charge on any atom is 0.200 e. The summed E-state index contributed by atoms with van der Waals surface area (Å²) in [7, 11) is 1.34. The molecule has 1 heterocycles. The van der Waals surface area contributed by atoms with Crippen LogP contribution in [-0.4, -0.2) is 37.1 Å². The third-order valence-electron chi connectivity index (χ3n) is 4.38. The average molecular weight is 376 g/mol. The molecule has 1 aromatic carbocycles. The van der Waals surface area contributed by atoms with E-state index in [1.54, 1.807) is 4.57 Å². The Bertz CT molecular complexity index is 984. The molecule has 0 atom stereocenters. The highest BCUT2D eigenvalue weighted by atomic mass is 19.1. The molecule has 142 valence electrons. The van der Waals surface area contributed by atoms with E-state index in [4.69, 9.17) is 4.74 Å². The number of hydrogen-bond acceptors (Lipinski definition) is 8. The highest BCUT2D eigenvalue weighted by molar-refractivity contribution is 6.01. The number of halogens is 1. The number of benzene rings is 1. The van der Waals surface area contributed by atoms with Crippen molar-refractivity contribution < 1.29 is 13.9 Å². The molecule has 3 rings (SSSR count). The number of Topliss-reactive ketones (excluding diaryl/α,β-unsaturated/α-hetero) is 1. The lowest BCUT2D eigenvalue weighted by Crippen LogP contribution is -2.21. The zero-order valence-corrected chi connectivity index (χ0v) is 14.5. The fourth-order valence-corrected chi connectivity index (χ4v) is 3.03. The van der Waals surface area contributed by atoms with Crippen molar-refractivity contribution in [2.45, 2.75) is 18.9 Å². The van der Waals surface area contributed by atoms with Gasteiger partial charge in [-0.2, -0.15) is 9.81 Å². The van der Waals surface area contributed by atoms with E-state index in [0.29, 0.717) is 5.52 Å². The van der Waals surface area contributed by atoms with E-state index < -0.39 is 23.6 Å². The summed E-state index contributed by atoms with van der Waals surface area (Å²) in [6.07, 6.45) is 3.04. The quantitative estimate of drug-likeness (QED) is 0.408. The first kappa shape index (κ1) is 18.6. The molecule has 10 heteroatoms. The first-order chi connectivity index (χ1) is 13.0. The van der Waals surface area contributed by atoms with Crippen LogP contribution in [0.15, 0.2) is 27.4 Å². The van der Waals surface area contributed by atoms with Crippen LogP contribution >= 0.6 is 0 Å². The Balaban J connectivity index is 2.29. The van der Waals surface area contributed by atoms with E-state index in [1.165, 1.54) is 13.3 Å². The van der Waals surface area contributed by atoms with Crippen LogP contribution in [-0.2, 0) is 0 Å². The van der Waals surface area contributed by atoms with Gasteiger partial charge in [-0.1, -0.05) is 10.4 Å². The third-order valence-corrected chi connectivity index (χ3v) is 4.38. The van der Waals surface area contributed by atoms with Gasteiger partial charge in [0.05, 0.1) is 30.1 Å². The number of ether oxygens (including phenoxy) is 1. The van der Waals surface area contributed by atoms with E-state index in [-0.39, 0.29) is 41.5 Å². The molecule has 0 aliphatic heterocycles. The molecule has 2 aromatic rings. The molecule has 0 radical (unpaired) electrons. The van der Waals surface area contributed by atoms with Crippen LogP contribution < -0.4 is 15.5 Å². The Morgan fingerprint density at radius 3 is 2.70 bits per heavy atom. The minimum Gasteiger partial charge on any atom is -0.492 e. The van der Waals surface area contributed by atoms with Gasteiger partial charge in [-0.15, -0.1) is 0 Å². The van der Waals surface area contributed by atoms with Gasteiger partial charge in [0, 0.05) is 18.8 Å². The largest absolute Gasteiger partial charge is 0.492 e. The number of carbonyl (C=O) groups is 1. The zero-order valence-electron chi connectivity index (χ0n) is 14.5. The summed E-state index contributed by atoms with van der Waals surface area (Å²) in [5.74, 6) is -1.37. The summed E-state index contributed by atoms with van der Waals surface area (Å²) in [6.45, 7) is -0.636. The fraction of sp³-hybridized carbons (Fsp3) is 0.412. The molecule has 1 aromatic heterocycles. The number of rotatable bonds is 9. The Kier molecular flexibility index (Phi) is 5.24. The third kappa shape index (κ3) is 3.42. The van der Waals surface area contributed by atoms with Crippen LogP contribution in [0.1, 0.15) is 29.2 Å². The number of nitroso groups, excluding NO2 is 2. The highest BCUT2D eigenvalue weighted by Gasteiger charge is 2.30. The van der Waals surface area contributed by atoms with Gasteiger partial charge in [0.25, 0.3) is 0 Å². The summed E-state index contributed by atoms with van der Waals surface area (Å²) in [5.41, 5.74) is -0.533. The van der Waals surface area contributed by atoms with E-state index in [1.807, 2.05) is 0 Å². The molecular weight excluding hydrogens is 359 g/mol. The molecule has 0 saturated heterocycles. The molecular formula is C17H17FN4O5. The summed E-state index contributed by atoms with van der Waals surface area (Å²) < 4.78 is 21.7. The van der Waals surface area contributed by atoms with Crippen LogP contribution in [0, 0.1) is 15.6 Å². The van der Waals surface area contributed by atoms with Crippen LogP contribution in [0.5, 0.6) is 5.75 Å². The fourth-order valence-electron chi connectivity index (χ4n) is 3.03. The number of anilines is 1. The van der Waals surface area contributed by atoms with Crippen molar-refractivity contribution >= 4 is 22.4 Å². The van der Waals surface area contributed by atoms with Crippen LogP contribution in [0.25, 0.3) is 10.9 Å². The smallest absolute Gasteiger partial charge is 0.200 e. The van der Waals surface area contributed by atoms with Crippen molar-refractivity contribution in [2.75, 3.05) is 32.1 Å². The lowest BCUT2D eigenvalue weighted by Gasteiger charge is -2.19. The average Bonchev–Trinajstić information content (AvgIpc) is 3.48. The SMILES string of the molecule is COc1c(NCCN=O)c(F)cc2c(=O)c(C(=O)CN=O)cn(C3CC3)c12. The molecule has 1 aliphatic rings. The van der Waals surface area contributed by atoms with Crippen LogP contribution in [0.4, 0.5) is 10.1 Å². The van der Waals surface area contributed by atoms with E-state index in [2.05, 4.69) is 15.7 Å². The maximum atomic E-state index is 14.7. The second kappa shape index (κ2) is 7.60. The first-order valence-electron chi connectivity index (χ1n) is 8.34. The van der Waals surface area contributed by atoms with Crippen molar-refractivity contribution in [3.8, 4) is 5.75 Å². The van der Waals surface area contributed by atoms with Gasteiger partial charge in [-0.05, 0) is 18.9 Å². The molecule has 0 unspecified atom stereocenters. The first-order valence-corrected chi connectivity index (χ1v) is 8.34. The molecule has 1 N–H and O–H groups in total. The van der Waals surface area contributed by atoms with Gasteiger partial charge in [-0.3, -0.25) is 9.59 Å². The predicted molar refractivity (Wildman–Crippen MR) is 97.1 cm³/mol. The van der Waals surface area contributed by atoms with Gasteiger partial charge in [0.15, 0.2) is 17.3 Å². The van der Waals surface area contributed by atoms with Gasteiger partial charge in [0.1, 0.15) is 12.2 Å². The molecule has 1 aliphatic carbocycles. The summed E-state index contributed by atoms with van der Waals surface area (Å²) in [6, 6.07) is 1.06. The standard InChI is InChI=1S/C17H17FN4O5/c1-27-17-14(19-4-5-20-25)12(18)6-10-15(17)22(9-2-3-9)8-11(16(10)24)13(23)7-21-26/h6,8-9,19H,2-5,7H2,1H3. The Morgan fingerprint density at radius 2 is 2.11 bits per heavy atom. The van der Waals surface area contributed by atoms with Gasteiger partial charge in [-0.25, -0.2) is 4.39 Å². The summed E-state index contributed by atoms with van der Waals surface area (Å²) in [4.78, 5) is 45.6. The number of carbonyl (C=O) groups excluding carboxylic acids is 1. The van der Waals surface area contributed by atoms with Crippen molar-refractivity contribution in [3.05, 3.63) is 43.7 Å². The normalized spacial score (nSPS) is 13.4. The van der Waals surface area contributed by atoms with Crippen molar-refractivity contribution in [1.29, 1.82) is 0 Å². The van der Waals surface area contributed by atoms with E-state index >= 15 is 0 Å². The second-order valence-corrected chi connectivity index (χ2v) is 6.16. The van der Waals surface area contributed by atoms with Crippen LogP contribution in [0.3, 0.4) is 0 Å². The lowest BCUT2D eigenvalue weighted by atomic mass is 10.1. The zero-order chi connectivity index (χ0) is 19.6. The minimum atomic E-state index is -0.761. The Hall–Kier alpha value is -3.17. The topological polar surface area (TPSA) is 119 Å². The number of aromatic nitrogens is 1. The predicted octanol–water partition coefficient (Wildman–Crippen LogP) is 2.61. The van der Waals surface area contributed by atoms with Gasteiger partial charge >= 0.3 is 0 Å². The number of pyridine rings is 1. The number of hydrogen-bond donors (Lipinski definition) is 1. The number of fused-ring (bicyclic) bond motifs is 1. The number of methoxy groups -OCH3 is 1. The second-order valence-electron chi connectivity index (χ2n) is 6.16. The molecule has 1 saturated carbocycles. The minimum absolute atomic E-state index is 0.0103. The summed E-state index contributed by atoms with van der Waals surface area (Å²) in [5, 5.41) is 7.99. The molecule has 0 spiro atoms. The summed E-state index contributed by atoms with van der Waals surface area (Å²) >= 11 is 0. The van der Waals surface area contributed by atoms with E-state index in [0.717, 1.165) is 18.9 Å². The van der Waals surface area contributed by atoms with Gasteiger partial charge < -0.3 is 14.6 Å². The highest BCUT2D eigenvalue weighted by Crippen LogP contribution is 2.42. The molecule has 9 nitrogen and oxygen atoms in total. The van der Waals surface area contributed by atoms with E-state index in [9.17, 15) is 23.8 Å². The van der Waals surface area contributed by atoms with Crippen LogP contribution in [0.2, 0.25) is 0 Å². The Labute approximate surface area is 152 Å².